The highest BCUT2D eigenvalue weighted by atomic mass is 16.3. The first kappa shape index (κ1) is 12.2. The summed E-state index contributed by atoms with van der Waals surface area (Å²) in [5.74, 6) is 1.68. The third kappa shape index (κ3) is 3.13. The Balaban J connectivity index is 1.90. The smallest absolute Gasteiger partial charge is 0.138 e. The highest BCUT2D eigenvalue weighted by Gasteiger charge is 2.19. The van der Waals surface area contributed by atoms with E-state index in [0.717, 1.165) is 31.7 Å². The molecule has 94 valence electrons. The van der Waals surface area contributed by atoms with Crippen molar-refractivity contribution in [3.05, 3.63) is 23.8 Å². The second-order valence-electron chi connectivity index (χ2n) is 5.31. The predicted molar refractivity (Wildman–Crippen MR) is 71.5 cm³/mol. The van der Waals surface area contributed by atoms with E-state index in [1.54, 1.807) is 6.07 Å². The average molecular weight is 234 g/mol. The normalized spacial score (nSPS) is 18.9. The highest BCUT2D eigenvalue weighted by Crippen LogP contribution is 2.32. The van der Waals surface area contributed by atoms with E-state index >= 15 is 0 Å². The van der Waals surface area contributed by atoms with Crippen molar-refractivity contribution in [1.82, 2.24) is 5.32 Å². The van der Waals surface area contributed by atoms with Crippen LogP contribution in [0.4, 0.5) is 5.69 Å². The summed E-state index contributed by atoms with van der Waals surface area (Å²) in [5, 5.41) is 16.5. The van der Waals surface area contributed by atoms with Gasteiger partial charge in [-0.2, -0.15) is 0 Å². The van der Waals surface area contributed by atoms with Gasteiger partial charge < -0.3 is 15.7 Å². The molecule has 0 saturated carbocycles. The van der Waals surface area contributed by atoms with Crippen LogP contribution in [0.25, 0.3) is 0 Å². The lowest BCUT2D eigenvalue weighted by Gasteiger charge is -2.27. The Hall–Kier alpha value is -1.22. The lowest BCUT2D eigenvalue weighted by molar-refractivity contribution is 0.446. The number of phenols is 1. The number of fused-ring (bicyclic) bond motifs is 1. The molecule has 3 nitrogen and oxygen atoms in total. The third-order valence-corrected chi connectivity index (χ3v) is 3.19. The topological polar surface area (TPSA) is 44.3 Å². The third-order valence-electron chi connectivity index (χ3n) is 3.19. The van der Waals surface area contributed by atoms with Crippen molar-refractivity contribution in [3.8, 4) is 5.75 Å². The van der Waals surface area contributed by atoms with Crippen LogP contribution in [0, 0.1) is 11.8 Å². The Labute approximate surface area is 103 Å². The molecule has 3 N–H and O–H groups in total. The number of phenolic OH excluding ortho intramolecular Hbond substituents is 1. The quantitative estimate of drug-likeness (QED) is 0.700. The summed E-state index contributed by atoms with van der Waals surface area (Å²) in [4.78, 5) is 0. The fourth-order valence-corrected chi connectivity index (χ4v) is 2.31. The van der Waals surface area contributed by atoms with Crippen molar-refractivity contribution in [2.75, 3.05) is 25.0 Å². The van der Waals surface area contributed by atoms with E-state index < -0.39 is 0 Å². The van der Waals surface area contributed by atoms with Gasteiger partial charge in [-0.1, -0.05) is 26.0 Å². The molecule has 2 rings (SSSR count). The maximum absolute atomic E-state index is 9.71. The number of nitrogens with one attached hydrogen (secondary N) is 2. The van der Waals surface area contributed by atoms with E-state index in [0.29, 0.717) is 17.6 Å². The molecule has 1 unspecified atom stereocenters. The minimum absolute atomic E-state index is 0.371. The Morgan fingerprint density at radius 2 is 2.29 bits per heavy atom. The zero-order valence-corrected chi connectivity index (χ0v) is 10.7. The van der Waals surface area contributed by atoms with Gasteiger partial charge in [0.2, 0.25) is 0 Å². The van der Waals surface area contributed by atoms with Gasteiger partial charge in [-0.05, 0) is 43.0 Å². The minimum Gasteiger partial charge on any atom is -0.506 e. The van der Waals surface area contributed by atoms with Crippen molar-refractivity contribution in [2.24, 2.45) is 11.8 Å². The lowest BCUT2D eigenvalue weighted by atomic mass is 9.93. The molecule has 3 heteroatoms. The van der Waals surface area contributed by atoms with Crippen LogP contribution in [0.2, 0.25) is 0 Å². The molecule has 1 aliphatic rings. The van der Waals surface area contributed by atoms with Crippen LogP contribution < -0.4 is 10.6 Å². The van der Waals surface area contributed by atoms with Gasteiger partial charge >= 0.3 is 0 Å². The molecule has 1 aliphatic heterocycles. The summed E-state index contributed by atoms with van der Waals surface area (Å²) in [6.45, 7) is 7.50. The van der Waals surface area contributed by atoms with E-state index in [4.69, 9.17) is 0 Å². The standard InChI is InChI=1S/C14H22N2O/c1-10(2)7-15-8-11-6-12-4-3-5-13(17)14(12)16-9-11/h3-5,10-11,15-17H,6-9H2,1-2H3. The van der Waals surface area contributed by atoms with Gasteiger partial charge in [0.05, 0.1) is 5.69 Å². The molecule has 0 bridgehead atoms. The Kier molecular flexibility index (Phi) is 3.89. The maximum atomic E-state index is 9.71. The van der Waals surface area contributed by atoms with Crippen molar-refractivity contribution in [2.45, 2.75) is 20.3 Å². The number of benzene rings is 1. The van der Waals surface area contributed by atoms with Crippen LogP contribution in [0.1, 0.15) is 19.4 Å². The molecule has 0 amide bonds. The Morgan fingerprint density at radius 1 is 1.47 bits per heavy atom. The number of rotatable bonds is 4. The zero-order valence-electron chi connectivity index (χ0n) is 10.7. The number of anilines is 1. The van der Waals surface area contributed by atoms with Crippen molar-refractivity contribution in [1.29, 1.82) is 0 Å². The molecule has 0 aliphatic carbocycles. The van der Waals surface area contributed by atoms with Gasteiger partial charge in [0.15, 0.2) is 0 Å². The Morgan fingerprint density at radius 3 is 3.06 bits per heavy atom. The molecule has 1 heterocycles. The fraction of sp³-hybridized carbons (Fsp3) is 0.571. The van der Waals surface area contributed by atoms with Crippen molar-refractivity contribution in [3.63, 3.8) is 0 Å². The van der Waals surface area contributed by atoms with Crippen LogP contribution in [0.5, 0.6) is 5.75 Å². The van der Waals surface area contributed by atoms with Crippen LogP contribution in [-0.2, 0) is 6.42 Å². The number of aromatic hydroxyl groups is 1. The highest BCUT2D eigenvalue weighted by molar-refractivity contribution is 5.62. The molecule has 0 aromatic heterocycles. The summed E-state index contributed by atoms with van der Waals surface area (Å²) in [6.07, 6.45) is 1.04. The van der Waals surface area contributed by atoms with E-state index in [1.165, 1.54) is 5.56 Å². The second-order valence-corrected chi connectivity index (χ2v) is 5.31. The first-order chi connectivity index (χ1) is 8.16. The molecule has 0 fully saturated rings. The number of hydrogen-bond donors (Lipinski definition) is 3. The first-order valence-electron chi connectivity index (χ1n) is 6.42. The molecule has 0 radical (unpaired) electrons. The summed E-state index contributed by atoms with van der Waals surface area (Å²) >= 11 is 0. The molecule has 17 heavy (non-hydrogen) atoms. The molecule has 0 spiro atoms. The van der Waals surface area contributed by atoms with E-state index in [1.807, 2.05) is 6.07 Å². The SMILES string of the molecule is CC(C)CNCC1CNc2c(O)cccc2C1. The van der Waals surface area contributed by atoms with Gasteiger partial charge in [-0.25, -0.2) is 0 Å². The predicted octanol–water partition coefficient (Wildman–Crippen LogP) is 2.22. The number of hydrogen-bond acceptors (Lipinski definition) is 3. The summed E-state index contributed by atoms with van der Waals surface area (Å²) in [6, 6.07) is 5.75. The van der Waals surface area contributed by atoms with Gasteiger partial charge in [0.25, 0.3) is 0 Å². The van der Waals surface area contributed by atoms with Crippen LogP contribution in [0.15, 0.2) is 18.2 Å². The second kappa shape index (κ2) is 5.41. The van der Waals surface area contributed by atoms with Gasteiger partial charge in [0, 0.05) is 6.54 Å². The summed E-state index contributed by atoms with van der Waals surface area (Å²) in [7, 11) is 0. The molecular weight excluding hydrogens is 212 g/mol. The van der Waals surface area contributed by atoms with Crippen molar-refractivity contribution >= 4 is 5.69 Å². The monoisotopic (exact) mass is 234 g/mol. The van der Waals surface area contributed by atoms with Gasteiger partial charge in [0.1, 0.15) is 5.75 Å². The molecule has 1 atom stereocenters. The lowest BCUT2D eigenvalue weighted by Crippen LogP contribution is -2.34. The molecular formula is C14H22N2O. The average Bonchev–Trinajstić information content (AvgIpc) is 2.29. The van der Waals surface area contributed by atoms with Crippen LogP contribution in [0.3, 0.4) is 0 Å². The largest absolute Gasteiger partial charge is 0.506 e. The summed E-state index contributed by atoms with van der Waals surface area (Å²) < 4.78 is 0. The fourth-order valence-electron chi connectivity index (χ4n) is 2.31. The summed E-state index contributed by atoms with van der Waals surface area (Å²) in [5.41, 5.74) is 2.15. The maximum Gasteiger partial charge on any atom is 0.138 e. The zero-order chi connectivity index (χ0) is 12.3. The van der Waals surface area contributed by atoms with Gasteiger partial charge in [-0.15, -0.1) is 0 Å². The Bertz CT molecular complexity index is 376. The minimum atomic E-state index is 0.371. The van der Waals surface area contributed by atoms with E-state index in [9.17, 15) is 5.11 Å². The van der Waals surface area contributed by atoms with Crippen LogP contribution >= 0.6 is 0 Å². The molecule has 1 aromatic rings. The van der Waals surface area contributed by atoms with Crippen LogP contribution in [-0.4, -0.2) is 24.7 Å². The molecule has 1 aromatic carbocycles. The molecule has 0 saturated heterocycles. The number of para-hydroxylation sites is 1. The van der Waals surface area contributed by atoms with E-state index in [2.05, 4.69) is 30.5 Å². The van der Waals surface area contributed by atoms with Crippen molar-refractivity contribution < 1.29 is 5.11 Å². The first-order valence-corrected chi connectivity index (χ1v) is 6.42. The van der Waals surface area contributed by atoms with E-state index in [-0.39, 0.29) is 0 Å². The van der Waals surface area contributed by atoms with Gasteiger partial charge in [-0.3, -0.25) is 0 Å².